The van der Waals surface area contributed by atoms with Crippen LogP contribution >= 0.6 is 15.9 Å². The lowest BCUT2D eigenvalue weighted by Gasteiger charge is -2.13. The predicted molar refractivity (Wildman–Crippen MR) is 63.4 cm³/mol. The lowest BCUT2D eigenvalue weighted by molar-refractivity contribution is 0.524. The Labute approximate surface area is 114 Å². The Morgan fingerprint density at radius 3 is 1.79 bits per heavy atom. The maximum absolute atomic E-state index is 13.6. The summed E-state index contributed by atoms with van der Waals surface area (Å²) in [6.45, 7) is 0. The predicted octanol–water partition coefficient (Wildman–Crippen LogP) is 4.87. The van der Waals surface area contributed by atoms with E-state index >= 15 is 0 Å². The fourth-order valence-corrected chi connectivity index (χ4v) is 2.47. The van der Waals surface area contributed by atoms with E-state index in [1.165, 1.54) is 0 Å². The second-order valence-electron chi connectivity index (χ2n) is 3.81. The highest BCUT2D eigenvalue weighted by atomic mass is 79.9. The first-order valence-corrected chi connectivity index (χ1v) is 6.05. The Kier molecular flexibility index (Phi) is 3.89. The molecular weight excluding hydrogens is 331 g/mol. The fraction of sp³-hybridized carbons (Fsp3) is 0.0769. The zero-order valence-electron chi connectivity index (χ0n) is 9.23. The van der Waals surface area contributed by atoms with Crippen molar-refractivity contribution in [3.63, 3.8) is 0 Å². The van der Waals surface area contributed by atoms with Crippen molar-refractivity contribution < 1.29 is 22.0 Å². The van der Waals surface area contributed by atoms with Crippen molar-refractivity contribution in [2.75, 3.05) is 0 Å². The highest BCUT2D eigenvalue weighted by molar-refractivity contribution is 9.09. The average Bonchev–Trinajstić information content (AvgIpc) is 2.26. The number of benzene rings is 2. The summed E-state index contributed by atoms with van der Waals surface area (Å²) in [5.74, 6) is -5.13. The first-order valence-electron chi connectivity index (χ1n) is 5.13. The molecule has 0 heterocycles. The van der Waals surface area contributed by atoms with Gasteiger partial charge in [-0.25, -0.2) is 22.0 Å². The molecule has 100 valence electrons. The van der Waals surface area contributed by atoms with E-state index in [1.54, 1.807) is 0 Å². The van der Waals surface area contributed by atoms with E-state index < -0.39 is 39.5 Å². The van der Waals surface area contributed by atoms with Crippen LogP contribution in [0.2, 0.25) is 0 Å². The molecule has 0 aliphatic heterocycles. The molecule has 2 aromatic rings. The van der Waals surface area contributed by atoms with E-state index in [1.807, 2.05) is 0 Å². The first kappa shape index (κ1) is 14.0. The van der Waals surface area contributed by atoms with Gasteiger partial charge in [-0.05, 0) is 6.07 Å². The summed E-state index contributed by atoms with van der Waals surface area (Å²) in [6.07, 6.45) is 0. The number of halogens is 6. The van der Waals surface area contributed by atoms with Gasteiger partial charge in [-0.15, -0.1) is 0 Å². The highest BCUT2D eigenvalue weighted by Gasteiger charge is 2.23. The maximum Gasteiger partial charge on any atom is 0.133 e. The normalized spacial score (nSPS) is 12.5. The third kappa shape index (κ3) is 2.78. The minimum Gasteiger partial charge on any atom is -0.207 e. The molecule has 0 spiro atoms. The van der Waals surface area contributed by atoms with Gasteiger partial charge in [0.25, 0.3) is 0 Å². The van der Waals surface area contributed by atoms with Crippen molar-refractivity contribution in [3.8, 4) is 0 Å². The van der Waals surface area contributed by atoms with Crippen molar-refractivity contribution in [1.29, 1.82) is 0 Å². The van der Waals surface area contributed by atoms with Crippen LogP contribution in [0.5, 0.6) is 0 Å². The Hall–Kier alpha value is -1.43. The topological polar surface area (TPSA) is 0 Å². The Balaban J connectivity index is 2.53. The van der Waals surface area contributed by atoms with Gasteiger partial charge in [-0.3, -0.25) is 0 Å². The lowest BCUT2D eigenvalue weighted by Crippen LogP contribution is -2.04. The van der Waals surface area contributed by atoms with Gasteiger partial charge in [0.05, 0.1) is 4.83 Å². The monoisotopic (exact) mass is 336 g/mol. The molecule has 19 heavy (non-hydrogen) atoms. The summed E-state index contributed by atoms with van der Waals surface area (Å²) in [6, 6.07) is 3.61. The summed E-state index contributed by atoms with van der Waals surface area (Å²) in [5.41, 5.74) is -0.683. The van der Waals surface area contributed by atoms with Gasteiger partial charge in [-0.2, -0.15) is 0 Å². The second kappa shape index (κ2) is 5.28. The molecule has 0 fully saturated rings. The van der Waals surface area contributed by atoms with Crippen LogP contribution in [0.3, 0.4) is 0 Å². The van der Waals surface area contributed by atoms with Crippen molar-refractivity contribution in [2.24, 2.45) is 0 Å². The molecule has 0 aliphatic carbocycles. The summed E-state index contributed by atoms with van der Waals surface area (Å²) in [7, 11) is 0. The van der Waals surface area contributed by atoms with Gasteiger partial charge < -0.3 is 0 Å². The van der Waals surface area contributed by atoms with E-state index in [-0.39, 0.29) is 5.56 Å². The summed E-state index contributed by atoms with van der Waals surface area (Å²) >= 11 is 2.93. The van der Waals surface area contributed by atoms with Crippen LogP contribution in [-0.2, 0) is 0 Å². The van der Waals surface area contributed by atoms with E-state index in [0.717, 1.165) is 12.1 Å². The second-order valence-corrected chi connectivity index (χ2v) is 4.73. The van der Waals surface area contributed by atoms with Crippen LogP contribution in [0.1, 0.15) is 16.0 Å². The van der Waals surface area contributed by atoms with Gasteiger partial charge in [0.2, 0.25) is 0 Å². The molecule has 0 radical (unpaired) electrons. The van der Waals surface area contributed by atoms with Gasteiger partial charge in [0, 0.05) is 29.3 Å². The standard InChI is InChI=1S/C13H6BrF5/c14-13(8-2-1-6(15)3-9(8)17)12-10(18)4-7(16)5-11(12)19/h1-5,13H. The van der Waals surface area contributed by atoms with Crippen LogP contribution in [0.25, 0.3) is 0 Å². The molecule has 2 aromatic carbocycles. The van der Waals surface area contributed by atoms with Crippen LogP contribution in [0.15, 0.2) is 30.3 Å². The third-order valence-corrected chi connectivity index (χ3v) is 3.48. The minimum absolute atomic E-state index is 0.147. The number of hydrogen-bond acceptors (Lipinski definition) is 0. The Morgan fingerprint density at radius 2 is 1.26 bits per heavy atom. The Morgan fingerprint density at radius 1 is 0.737 bits per heavy atom. The number of rotatable bonds is 2. The molecule has 0 aromatic heterocycles. The molecule has 0 amide bonds. The molecule has 2 rings (SSSR count). The summed E-state index contributed by atoms with van der Waals surface area (Å²) in [4.78, 5) is -1.19. The zero-order valence-corrected chi connectivity index (χ0v) is 10.8. The zero-order chi connectivity index (χ0) is 14.2. The van der Waals surface area contributed by atoms with Crippen LogP contribution in [0.4, 0.5) is 22.0 Å². The van der Waals surface area contributed by atoms with Crippen molar-refractivity contribution in [2.45, 2.75) is 4.83 Å². The molecule has 0 nitrogen and oxygen atoms in total. The number of hydrogen-bond donors (Lipinski definition) is 0. The molecule has 0 saturated carbocycles. The smallest absolute Gasteiger partial charge is 0.133 e. The third-order valence-electron chi connectivity index (χ3n) is 2.53. The molecule has 0 bridgehead atoms. The average molecular weight is 337 g/mol. The van der Waals surface area contributed by atoms with Crippen LogP contribution in [-0.4, -0.2) is 0 Å². The number of alkyl halides is 1. The van der Waals surface area contributed by atoms with Gasteiger partial charge >= 0.3 is 0 Å². The molecule has 0 saturated heterocycles. The molecule has 0 N–H and O–H groups in total. The first-order chi connectivity index (χ1) is 8.90. The van der Waals surface area contributed by atoms with Crippen molar-refractivity contribution >= 4 is 15.9 Å². The summed E-state index contributed by atoms with van der Waals surface area (Å²) < 4.78 is 66.2. The molecule has 0 aliphatic rings. The van der Waals surface area contributed by atoms with E-state index in [2.05, 4.69) is 15.9 Å². The van der Waals surface area contributed by atoms with Crippen molar-refractivity contribution in [3.05, 3.63) is 70.5 Å². The molecule has 6 heteroatoms. The van der Waals surface area contributed by atoms with Crippen molar-refractivity contribution in [1.82, 2.24) is 0 Å². The lowest BCUT2D eigenvalue weighted by atomic mass is 10.0. The molecule has 1 unspecified atom stereocenters. The van der Waals surface area contributed by atoms with Crippen LogP contribution < -0.4 is 0 Å². The van der Waals surface area contributed by atoms with Gasteiger partial charge in [-0.1, -0.05) is 22.0 Å². The molecular formula is C13H6BrF5. The van der Waals surface area contributed by atoms with Gasteiger partial charge in [0.1, 0.15) is 29.1 Å². The fourth-order valence-electron chi connectivity index (χ4n) is 1.66. The minimum atomic E-state index is -1.19. The van der Waals surface area contributed by atoms with Gasteiger partial charge in [0.15, 0.2) is 0 Å². The largest absolute Gasteiger partial charge is 0.207 e. The SMILES string of the molecule is Fc1ccc(C(Br)c2c(F)cc(F)cc2F)c(F)c1. The van der Waals surface area contributed by atoms with E-state index in [9.17, 15) is 22.0 Å². The van der Waals surface area contributed by atoms with E-state index in [0.29, 0.717) is 18.2 Å². The quantitative estimate of drug-likeness (QED) is 0.542. The molecule has 1 atom stereocenters. The van der Waals surface area contributed by atoms with Crippen LogP contribution in [0, 0.1) is 29.1 Å². The highest BCUT2D eigenvalue weighted by Crippen LogP contribution is 2.36. The summed E-state index contributed by atoms with van der Waals surface area (Å²) in [5, 5.41) is 0. The maximum atomic E-state index is 13.6. The van der Waals surface area contributed by atoms with E-state index in [4.69, 9.17) is 0 Å². The Bertz CT molecular complexity index is 603.